The van der Waals surface area contributed by atoms with Gasteiger partial charge < -0.3 is 10.1 Å². The molecule has 1 aliphatic rings. The molecule has 1 aliphatic heterocycles. The molecule has 2 aromatic heterocycles. The predicted octanol–water partition coefficient (Wildman–Crippen LogP) is 3.77. The molecule has 0 bridgehead atoms. The Hall–Kier alpha value is -3.04. The third-order valence-corrected chi connectivity index (χ3v) is 7.45. The van der Waals surface area contributed by atoms with Crippen molar-refractivity contribution in [3.63, 3.8) is 0 Å². The van der Waals surface area contributed by atoms with E-state index in [0.29, 0.717) is 46.5 Å². The highest BCUT2D eigenvalue weighted by atomic mass is 32.2. The highest BCUT2D eigenvalue weighted by Crippen LogP contribution is 2.37. The topological polar surface area (TPSA) is 97.3 Å². The standard InChI is InChI=1S/C22H25N5O3S/c1-15-12-20(16(2)11-19(15)30-3)31(28,29)27-10-6-7-18(27)17-13-23-14-22(25-17)26-21-8-4-5-9-24-21/h4-5,8-9,11-14,18H,6-7,10H2,1-3H3,(H,24,25,26). The first kappa shape index (κ1) is 21.2. The first-order valence-electron chi connectivity index (χ1n) is 10.1. The van der Waals surface area contributed by atoms with E-state index in [1.165, 1.54) is 4.31 Å². The number of rotatable bonds is 6. The molecule has 1 N–H and O–H groups in total. The number of nitrogens with zero attached hydrogens (tertiary/aromatic N) is 4. The van der Waals surface area contributed by atoms with Gasteiger partial charge in [-0.1, -0.05) is 6.07 Å². The van der Waals surface area contributed by atoms with E-state index in [-0.39, 0.29) is 6.04 Å². The summed E-state index contributed by atoms with van der Waals surface area (Å²) in [5.41, 5.74) is 2.05. The Morgan fingerprint density at radius 2 is 1.97 bits per heavy atom. The molecular formula is C22H25N5O3S. The van der Waals surface area contributed by atoms with Gasteiger partial charge in [0.25, 0.3) is 0 Å². The SMILES string of the molecule is COc1cc(C)c(S(=O)(=O)N2CCCC2c2cncc(Nc3ccccn3)n2)cc1C. The van der Waals surface area contributed by atoms with Crippen molar-refractivity contribution >= 4 is 21.7 Å². The first-order valence-corrected chi connectivity index (χ1v) is 11.5. The van der Waals surface area contributed by atoms with Crippen LogP contribution in [-0.2, 0) is 10.0 Å². The minimum atomic E-state index is -3.71. The van der Waals surface area contributed by atoms with Gasteiger partial charge in [-0.3, -0.25) is 4.98 Å². The average molecular weight is 440 g/mol. The highest BCUT2D eigenvalue weighted by molar-refractivity contribution is 7.89. The number of benzene rings is 1. The predicted molar refractivity (Wildman–Crippen MR) is 118 cm³/mol. The van der Waals surface area contributed by atoms with Gasteiger partial charge in [-0.2, -0.15) is 4.31 Å². The van der Waals surface area contributed by atoms with Crippen molar-refractivity contribution in [2.24, 2.45) is 0 Å². The fraction of sp³-hybridized carbons (Fsp3) is 0.318. The Balaban J connectivity index is 1.65. The Morgan fingerprint density at radius 3 is 2.71 bits per heavy atom. The van der Waals surface area contributed by atoms with Gasteiger partial charge in [-0.05, 0) is 62.1 Å². The van der Waals surface area contributed by atoms with Gasteiger partial charge in [0, 0.05) is 12.7 Å². The van der Waals surface area contributed by atoms with Crippen LogP contribution in [0.15, 0.2) is 53.8 Å². The summed E-state index contributed by atoms with van der Waals surface area (Å²) in [4.78, 5) is 13.4. The Bertz CT molecular complexity index is 1190. The molecule has 0 saturated carbocycles. The maximum Gasteiger partial charge on any atom is 0.243 e. The lowest BCUT2D eigenvalue weighted by Gasteiger charge is -2.25. The van der Waals surface area contributed by atoms with Crippen molar-refractivity contribution in [2.45, 2.75) is 37.6 Å². The molecule has 9 heteroatoms. The number of aryl methyl sites for hydroxylation is 2. The number of hydrogen-bond donors (Lipinski definition) is 1. The monoisotopic (exact) mass is 439 g/mol. The molecule has 1 unspecified atom stereocenters. The summed E-state index contributed by atoms with van der Waals surface area (Å²) >= 11 is 0. The van der Waals surface area contributed by atoms with Crippen LogP contribution in [0.5, 0.6) is 5.75 Å². The smallest absolute Gasteiger partial charge is 0.243 e. The third kappa shape index (κ3) is 4.24. The maximum absolute atomic E-state index is 13.6. The van der Waals surface area contributed by atoms with Gasteiger partial charge in [0.15, 0.2) is 0 Å². The van der Waals surface area contributed by atoms with Crippen LogP contribution in [-0.4, -0.2) is 41.3 Å². The number of aromatic nitrogens is 3. The van der Waals surface area contributed by atoms with Crippen molar-refractivity contribution in [2.75, 3.05) is 19.0 Å². The van der Waals surface area contributed by atoms with Gasteiger partial charge in [-0.15, -0.1) is 0 Å². The Morgan fingerprint density at radius 1 is 1.13 bits per heavy atom. The summed E-state index contributed by atoms with van der Waals surface area (Å²) in [5.74, 6) is 1.85. The van der Waals surface area contributed by atoms with Crippen LogP contribution in [0.4, 0.5) is 11.6 Å². The molecule has 1 atom stereocenters. The van der Waals surface area contributed by atoms with Gasteiger partial charge in [-0.25, -0.2) is 18.4 Å². The molecule has 3 aromatic rings. The average Bonchev–Trinajstić information content (AvgIpc) is 3.27. The molecule has 31 heavy (non-hydrogen) atoms. The zero-order chi connectivity index (χ0) is 22.0. The molecule has 3 heterocycles. The van der Waals surface area contributed by atoms with Crippen LogP contribution in [0.3, 0.4) is 0 Å². The van der Waals surface area contributed by atoms with Crippen molar-refractivity contribution in [3.05, 3.63) is 65.7 Å². The lowest BCUT2D eigenvalue weighted by atomic mass is 10.1. The second kappa shape index (κ2) is 8.60. The lowest BCUT2D eigenvalue weighted by Crippen LogP contribution is -2.31. The fourth-order valence-corrected chi connectivity index (χ4v) is 5.84. The van der Waals surface area contributed by atoms with Crippen LogP contribution in [0.25, 0.3) is 0 Å². The van der Waals surface area contributed by atoms with E-state index in [1.807, 2.05) is 25.1 Å². The van der Waals surface area contributed by atoms with Crippen LogP contribution in [0.2, 0.25) is 0 Å². The number of anilines is 2. The number of pyridine rings is 1. The van der Waals surface area contributed by atoms with E-state index >= 15 is 0 Å². The Kier molecular flexibility index (Phi) is 5.88. The van der Waals surface area contributed by atoms with Crippen molar-refractivity contribution in [1.29, 1.82) is 0 Å². The van der Waals surface area contributed by atoms with E-state index < -0.39 is 10.0 Å². The van der Waals surface area contributed by atoms with Gasteiger partial charge in [0.05, 0.1) is 36.1 Å². The van der Waals surface area contributed by atoms with E-state index in [1.54, 1.807) is 44.8 Å². The minimum Gasteiger partial charge on any atom is -0.496 e. The Labute approximate surface area is 182 Å². The van der Waals surface area contributed by atoms with E-state index in [4.69, 9.17) is 4.74 Å². The minimum absolute atomic E-state index is 0.299. The first-order chi connectivity index (χ1) is 14.9. The summed E-state index contributed by atoms with van der Waals surface area (Å²) in [6.45, 7) is 4.07. The molecule has 4 rings (SSSR count). The number of methoxy groups -OCH3 is 1. The molecule has 162 valence electrons. The van der Waals surface area contributed by atoms with Crippen LogP contribution in [0.1, 0.15) is 35.7 Å². The molecule has 1 fully saturated rings. The molecule has 0 amide bonds. The zero-order valence-electron chi connectivity index (χ0n) is 17.7. The quantitative estimate of drug-likeness (QED) is 0.624. The van der Waals surface area contributed by atoms with Crippen molar-refractivity contribution in [1.82, 2.24) is 19.3 Å². The van der Waals surface area contributed by atoms with Gasteiger partial charge >= 0.3 is 0 Å². The molecule has 0 radical (unpaired) electrons. The summed E-state index contributed by atoms with van der Waals surface area (Å²) in [6, 6.07) is 8.61. The second-order valence-corrected chi connectivity index (χ2v) is 9.39. The molecular weight excluding hydrogens is 414 g/mol. The maximum atomic E-state index is 13.6. The number of sulfonamides is 1. The third-order valence-electron chi connectivity index (χ3n) is 5.40. The number of nitrogens with one attached hydrogen (secondary N) is 1. The normalized spacial score (nSPS) is 16.9. The van der Waals surface area contributed by atoms with Crippen LogP contribution < -0.4 is 10.1 Å². The second-order valence-electron chi connectivity index (χ2n) is 7.53. The van der Waals surface area contributed by atoms with Crippen LogP contribution in [0, 0.1) is 13.8 Å². The summed E-state index contributed by atoms with van der Waals surface area (Å²) in [5, 5.41) is 3.12. The number of hydrogen-bond acceptors (Lipinski definition) is 7. The molecule has 1 aromatic carbocycles. The summed E-state index contributed by atoms with van der Waals surface area (Å²) in [6.07, 6.45) is 6.37. The molecule has 0 spiro atoms. The largest absolute Gasteiger partial charge is 0.496 e. The molecule has 1 saturated heterocycles. The van der Waals surface area contributed by atoms with E-state index in [9.17, 15) is 8.42 Å². The van der Waals surface area contributed by atoms with Crippen LogP contribution >= 0.6 is 0 Å². The zero-order valence-corrected chi connectivity index (χ0v) is 18.6. The molecule has 0 aliphatic carbocycles. The van der Waals surface area contributed by atoms with Crippen molar-refractivity contribution < 1.29 is 13.2 Å². The fourth-order valence-electron chi connectivity index (χ4n) is 3.88. The van der Waals surface area contributed by atoms with Gasteiger partial charge in [0.1, 0.15) is 17.4 Å². The van der Waals surface area contributed by atoms with Crippen molar-refractivity contribution in [3.8, 4) is 5.75 Å². The molecule has 8 nitrogen and oxygen atoms in total. The summed E-state index contributed by atoms with van der Waals surface area (Å²) < 4.78 is 34.0. The summed E-state index contributed by atoms with van der Waals surface area (Å²) in [7, 11) is -2.13. The highest BCUT2D eigenvalue weighted by Gasteiger charge is 2.38. The number of ether oxygens (including phenoxy) is 1. The van der Waals surface area contributed by atoms with E-state index in [0.717, 1.165) is 12.0 Å². The van der Waals surface area contributed by atoms with Gasteiger partial charge in [0.2, 0.25) is 10.0 Å². The lowest BCUT2D eigenvalue weighted by molar-refractivity contribution is 0.389. The van der Waals surface area contributed by atoms with E-state index in [2.05, 4.69) is 20.3 Å².